The maximum absolute atomic E-state index is 14.2. The second-order valence-corrected chi connectivity index (χ2v) is 11.3. The van der Waals surface area contributed by atoms with Gasteiger partial charge >= 0.3 is 0 Å². The lowest BCUT2D eigenvalue weighted by atomic mass is 9.74. The van der Waals surface area contributed by atoms with Crippen LogP contribution in [-0.4, -0.2) is 58.5 Å². The molecule has 9 nitrogen and oxygen atoms in total. The summed E-state index contributed by atoms with van der Waals surface area (Å²) in [5.74, 6) is -0.699. The largest absolute Gasteiger partial charge is 0.343 e. The first-order chi connectivity index (χ1) is 19.9. The molecule has 1 aromatic heterocycles. The van der Waals surface area contributed by atoms with Gasteiger partial charge in [0, 0.05) is 55.8 Å². The summed E-state index contributed by atoms with van der Waals surface area (Å²) in [5, 5.41) is 11.3. The highest BCUT2D eigenvalue weighted by Crippen LogP contribution is 2.35. The molecule has 2 aromatic carbocycles. The van der Waals surface area contributed by atoms with Crippen molar-refractivity contribution < 1.29 is 14.4 Å². The lowest BCUT2D eigenvalue weighted by Crippen LogP contribution is -2.60. The highest BCUT2D eigenvalue weighted by molar-refractivity contribution is 6.30. The Morgan fingerprint density at radius 3 is 2.63 bits per heavy atom. The summed E-state index contributed by atoms with van der Waals surface area (Å²) in [5.41, 5.74) is 6.29. The number of hydrogen-bond donors (Lipinski definition) is 3. The third-order valence-electron chi connectivity index (χ3n) is 8.24. The fourth-order valence-corrected chi connectivity index (χ4v) is 6.12. The number of carbonyl (C=O) groups excluding carboxylic acids is 3. The smallest absolute Gasteiger partial charge is 0.254 e. The molecule has 3 aliphatic heterocycles. The lowest BCUT2D eigenvalue weighted by Gasteiger charge is -2.40. The van der Waals surface area contributed by atoms with E-state index >= 15 is 0 Å². The van der Waals surface area contributed by atoms with E-state index in [1.165, 1.54) is 5.56 Å². The van der Waals surface area contributed by atoms with Gasteiger partial charge in [0.2, 0.25) is 11.8 Å². The van der Waals surface area contributed by atoms with Crippen LogP contribution < -0.4 is 16.1 Å². The van der Waals surface area contributed by atoms with Crippen molar-refractivity contribution in [2.45, 2.75) is 44.3 Å². The van der Waals surface area contributed by atoms with Crippen LogP contribution in [0, 0.1) is 5.41 Å². The first-order valence-corrected chi connectivity index (χ1v) is 14.2. The topological polar surface area (TPSA) is 116 Å². The standard InChI is InChI=1S/C31H31ClN6O3/c32-23-10-8-20(9-11-23)15-26(35-28(39)25-16-21-5-1-2-6-22(21)18-34-25)29(40)38-14-12-27-31(19-38,30(41)37-36-27)17-24-7-3-4-13-33-24/h1-11,13,25-26,34H,12,14-19H2,(H,35,39)(H,37,41). The summed E-state index contributed by atoms with van der Waals surface area (Å²) in [4.78, 5) is 47.0. The molecule has 3 aromatic rings. The second-order valence-electron chi connectivity index (χ2n) is 10.9. The van der Waals surface area contributed by atoms with Crippen LogP contribution in [0.5, 0.6) is 0 Å². The number of carbonyl (C=O) groups is 3. The minimum Gasteiger partial charge on any atom is -0.343 e. The predicted molar refractivity (Wildman–Crippen MR) is 155 cm³/mol. The fourth-order valence-electron chi connectivity index (χ4n) is 5.99. The maximum Gasteiger partial charge on any atom is 0.254 e. The van der Waals surface area contributed by atoms with Crippen LogP contribution in [0.1, 0.15) is 28.8 Å². The van der Waals surface area contributed by atoms with Crippen molar-refractivity contribution in [3.63, 3.8) is 0 Å². The molecule has 0 saturated carbocycles. The molecule has 210 valence electrons. The van der Waals surface area contributed by atoms with Crippen molar-refractivity contribution in [2.75, 3.05) is 13.1 Å². The van der Waals surface area contributed by atoms with Crippen LogP contribution in [0.4, 0.5) is 0 Å². The first kappa shape index (κ1) is 27.1. The van der Waals surface area contributed by atoms with E-state index in [1.807, 2.05) is 48.5 Å². The number of nitrogens with zero attached hydrogens (tertiary/aromatic N) is 3. The van der Waals surface area contributed by atoms with Gasteiger partial charge < -0.3 is 15.5 Å². The quantitative estimate of drug-likeness (QED) is 0.403. The van der Waals surface area contributed by atoms with Crippen LogP contribution >= 0.6 is 11.6 Å². The molecule has 3 aliphatic rings. The average molecular weight is 571 g/mol. The zero-order chi connectivity index (χ0) is 28.4. The minimum atomic E-state index is -0.994. The molecular weight excluding hydrogens is 540 g/mol. The number of nitrogens with one attached hydrogen (secondary N) is 3. The Hall–Kier alpha value is -4.08. The molecule has 0 radical (unpaired) electrons. The zero-order valence-electron chi connectivity index (χ0n) is 22.5. The molecule has 0 bridgehead atoms. The number of rotatable bonds is 7. The van der Waals surface area contributed by atoms with E-state index in [1.54, 1.807) is 23.2 Å². The number of amides is 3. The Bertz CT molecular complexity index is 1500. The predicted octanol–water partition coefficient (Wildman–Crippen LogP) is 2.42. The monoisotopic (exact) mass is 570 g/mol. The molecule has 0 spiro atoms. The summed E-state index contributed by atoms with van der Waals surface area (Å²) in [6, 6.07) is 19.6. The molecular formula is C31H31ClN6O3. The fraction of sp³-hybridized carbons (Fsp3) is 0.323. The van der Waals surface area contributed by atoms with Crippen LogP contribution in [-0.2, 0) is 40.2 Å². The normalized spacial score (nSPS) is 22.2. The van der Waals surface area contributed by atoms with Gasteiger partial charge in [-0.1, -0.05) is 54.1 Å². The van der Waals surface area contributed by atoms with Gasteiger partial charge in [-0.2, -0.15) is 5.10 Å². The van der Waals surface area contributed by atoms with E-state index in [4.69, 9.17) is 11.6 Å². The SMILES string of the molecule is O=C(NC(Cc1ccc(Cl)cc1)C(=O)N1CCC2=NNC(=O)C2(Cc2ccccn2)C1)C1Cc2ccccc2CN1. The highest BCUT2D eigenvalue weighted by atomic mass is 35.5. The van der Waals surface area contributed by atoms with E-state index in [-0.39, 0.29) is 24.3 Å². The van der Waals surface area contributed by atoms with E-state index in [0.29, 0.717) is 43.8 Å². The van der Waals surface area contributed by atoms with E-state index in [2.05, 4.69) is 32.2 Å². The van der Waals surface area contributed by atoms with Crippen LogP contribution in [0.25, 0.3) is 0 Å². The molecule has 3 unspecified atom stereocenters. The third kappa shape index (κ3) is 5.60. The Kier molecular flexibility index (Phi) is 7.55. The van der Waals surface area contributed by atoms with Crippen LogP contribution in [0.2, 0.25) is 5.02 Å². The molecule has 41 heavy (non-hydrogen) atoms. The molecule has 1 fully saturated rings. The Morgan fingerprint density at radius 2 is 1.85 bits per heavy atom. The van der Waals surface area contributed by atoms with Gasteiger partial charge in [-0.3, -0.25) is 19.4 Å². The van der Waals surface area contributed by atoms with Gasteiger partial charge in [0.05, 0.1) is 11.8 Å². The Morgan fingerprint density at radius 1 is 1.07 bits per heavy atom. The van der Waals surface area contributed by atoms with Crippen LogP contribution in [0.3, 0.4) is 0 Å². The van der Waals surface area contributed by atoms with Crippen molar-refractivity contribution in [2.24, 2.45) is 10.5 Å². The van der Waals surface area contributed by atoms with E-state index < -0.39 is 17.5 Å². The third-order valence-corrected chi connectivity index (χ3v) is 8.50. The molecule has 3 atom stereocenters. The molecule has 3 amide bonds. The van der Waals surface area contributed by atoms with Gasteiger partial charge in [0.1, 0.15) is 11.5 Å². The van der Waals surface area contributed by atoms with E-state index in [0.717, 1.165) is 22.5 Å². The first-order valence-electron chi connectivity index (χ1n) is 13.8. The number of piperidine rings is 1. The van der Waals surface area contributed by atoms with Crippen molar-refractivity contribution in [3.8, 4) is 0 Å². The molecule has 10 heteroatoms. The van der Waals surface area contributed by atoms with Crippen molar-refractivity contribution in [3.05, 3.63) is 100 Å². The number of aromatic nitrogens is 1. The van der Waals surface area contributed by atoms with Crippen molar-refractivity contribution in [1.29, 1.82) is 0 Å². The molecule has 4 heterocycles. The van der Waals surface area contributed by atoms with Crippen LogP contribution in [0.15, 0.2) is 78.0 Å². The summed E-state index contributed by atoms with van der Waals surface area (Å²) >= 11 is 6.10. The average Bonchev–Trinajstić information content (AvgIpc) is 3.32. The number of pyridine rings is 1. The van der Waals surface area contributed by atoms with Gasteiger partial charge in [0.15, 0.2) is 0 Å². The molecule has 0 aliphatic carbocycles. The van der Waals surface area contributed by atoms with E-state index in [9.17, 15) is 14.4 Å². The number of hydrazone groups is 1. The molecule has 1 saturated heterocycles. The summed E-state index contributed by atoms with van der Waals surface area (Å²) in [6.45, 7) is 1.15. The summed E-state index contributed by atoms with van der Waals surface area (Å²) < 4.78 is 0. The zero-order valence-corrected chi connectivity index (χ0v) is 23.2. The Labute approximate surface area is 243 Å². The lowest BCUT2D eigenvalue weighted by molar-refractivity contribution is -0.140. The minimum absolute atomic E-state index is 0.162. The summed E-state index contributed by atoms with van der Waals surface area (Å²) in [7, 11) is 0. The van der Waals surface area contributed by atoms with Crippen molar-refractivity contribution >= 4 is 35.0 Å². The highest BCUT2D eigenvalue weighted by Gasteiger charge is 2.52. The molecule has 6 rings (SSSR count). The summed E-state index contributed by atoms with van der Waals surface area (Å²) in [6.07, 6.45) is 3.32. The molecule has 3 N–H and O–H groups in total. The van der Waals surface area contributed by atoms with Gasteiger partial charge in [-0.05, 0) is 47.4 Å². The number of likely N-dealkylation sites (tertiary alicyclic amines) is 1. The van der Waals surface area contributed by atoms with Gasteiger partial charge in [0.25, 0.3) is 5.91 Å². The number of hydrogen-bond acceptors (Lipinski definition) is 6. The van der Waals surface area contributed by atoms with Gasteiger partial charge in [-0.15, -0.1) is 0 Å². The maximum atomic E-state index is 14.2. The second kappa shape index (κ2) is 11.4. The Balaban J connectivity index is 1.24. The number of fused-ring (bicyclic) bond motifs is 2. The van der Waals surface area contributed by atoms with Gasteiger partial charge in [-0.25, -0.2) is 5.43 Å². The number of halogens is 1. The van der Waals surface area contributed by atoms with Crippen molar-refractivity contribution in [1.82, 2.24) is 25.9 Å². The number of benzene rings is 2.